The molecule has 4 aromatic rings. The van der Waals surface area contributed by atoms with E-state index in [1.165, 1.54) is 17.7 Å². The Balaban J connectivity index is 1.38. The third-order valence-electron chi connectivity index (χ3n) is 5.75. The van der Waals surface area contributed by atoms with Gasteiger partial charge in [-0.1, -0.05) is 36.8 Å². The van der Waals surface area contributed by atoms with E-state index in [4.69, 9.17) is 0 Å². The summed E-state index contributed by atoms with van der Waals surface area (Å²) in [6.45, 7) is 4.68. The van der Waals surface area contributed by atoms with E-state index in [0.717, 1.165) is 35.5 Å². The molecule has 0 saturated heterocycles. The molecule has 0 atom stereocenters. The van der Waals surface area contributed by atoms with Gasteiger partial charge in [-0.2, -0.15) is 10.2 Å². The monoisotopic (exact) mass is 445 g/mol. The lowest BCUT2D eigenvalue weighted by Crippen LogP contribution is -2.28. The van der Waals surface area contributed by atoms with E-state index in [1.54, 1.807) is 17.2 Å². The second-order valence-electron chi connectivity index (χ2n) is 8.22. The predicted octanol–water partition coefficient (Wildman–Crippen LogP) is 4.98. The number of carbonyl (C=O) groups excluding carboxylic acids is 1. The molecule has 0 radical (unpaired) electrons. The fourth-order valence-electron chi connectivity index (χ4n) is 3.90. The number of halogens is 1. The van der Waals surface area contributed by atoms with Crippen LogP contribution in [0.5, 0.6) is 0 Å². The van der Waals surface area contributed by atoms with E-state index < -0.39 is 0 Å². The molecular weight excluding hydrogens is 417 g/mol. The highest BCUT2D eigenvalue weighted by Crippen LogP contribution is 2.20. The summed E-state index contributed by atoms with van der Waals surface area (Å²) >= 11 is 0. The Labute approximate surface area is 193 Å². The first-order chi connectivity index (χ1) is 16.0. The minimum absolute atomic E-state index is 0.0322. The minimum Gasteiger partial charge on any atom is -0.342 e. The first kappa shape index (κ1) is 22.5. The lowest BCUT2D eigenvalue weighted by Gasteiger charge is -2.17. The number of nitrogens with zero attached hydrogens (tertiary/aromatic N) is 4. The van der Waals surface area contributed by atoms with Crippen molar-refractivity contribution in [1.29, 1.82) is 0 Å². The van der Waals surface area contributed by atoms with E-state index in [0.29, 0.717) is 24.2 Å². The normalized spacial score (nSPS) is 11.0. The average Bonchev–Trinajstić information content (AvgIpc) is 3.46. The van der Waals surface area contributed by atoms with E-state index >= 15 is 0 Å². The van der Waals surface area contributed by atoms with Crippen LogP contribution < -0.4 is 0 Å². The van der Waals surface area contributed by atoms with Crippen molar-refractivity contribution in [3.05, 3.63) is 89.1 Å². The molecule has 0 unspecified atom stereocenters. The molecule has 0 aliphatic rings. The molecule has 2 aromatic carbocycles. The molecule has 0 aliphatic carbocycles. The summed E-state index contributed by atoms with van der Waals surface area (Å²) in [6, 6.07) is 16.4. The van der Waals surface area contributed by atoms with Crippen LogP contribution >= 0.6 is 0 Å². The second kappa shape index (κ2) is 9.81. The van der Waals surface area contributed by atoms with E-state index in [2.05, 4.69) is 15.3 Å². The van der Waals surface area contributed by atoms with Crippen LogP contribution in [0.4, 0.5) is 4.39 Å². The molecule has 1 N–H and O–H groups in total. The molecule has 7 heteroatoms. The van der Waals surface area contributed by atoms with Crippen LogP contribution in [0.3, 0.4) is 0 Å². The van der Waals surface area contributed by atoms with Gasteiger partial charge in [0.05, 0.1) is 28.8 Å². The molecule has 0 spiro atoms. The third kappa shape index (κ3) is 5.03. The summed E-state index contributed by atoms with van der Waals surface area (Å²) in [7, 11) is 1.82. The van der Waals surface area contributed by atoms with E-state index in [-0.39, 0.29) is 11.7 Å². The summed E-state index contributed by atoms with van der Waals surface area (Å²) < 4.78 is 15.3. The van der Waals surface area contributed by atoms with Gasteiger partial charge in [0.25, 0.3) is 5.91 Å². The van der Waals surface area contributed by atoms with Crippen LogP contribution in [-0.4, -0.2) is 44.4 Å². The maximum absolute atomic E-state index is 13.5. The van der Waals surface area contributed by atoms with Gasteiger partial charge < -0.3 is 4.90 Å². The fraction of sp³-hybridized carbons (Fsp3) is 0.269. The number of rotatable bonds is 8. The van der Waals surface area contributed by atoms with Gasteiger partial charge >= 0.3 is 0 Å². The molecule has 0 saturated carbocycles. The molecule has 0 fully saturated rings. The van der Waals surface area contributed by atoms with Crippen molar-refractivity contribution in [1.82, 2.24) is 24.9 Å². The maximum Gasteiger partial charge on any atom is 0.257 e. The molecule has 170 valence electrons. The number of benzene rings is 2. The first-order valence-corrected chi connectivity index (χ1v) is 11.2. The highest BCUT2D eigenvalue weighted by Gasteiger charge is 2.20. The summed E-state index contributed by atoms with van der Waals surface area (Å²) in [6.07, 6.45) is 3.89. The van der Waals surface area contributed by atoms with Crippen molar-refractivity contribution in [2.45, 2.75) is 33.1 Å². The fourth-order valence-corrected chi connectivity index (χ4v) is 3.90. The Hall–Kier alpha value is -3.74. The quantitative estimate of drug-likeness (QED) is 0.416. The third-order valence-corrected chi connectivity index (χ3v) is 5.75. The number of aromatic nitrogens is 4. The maximum atomic E-state index is 13.5. The average molecular weight is 446 g/mol. The van der Waals surface area contributed by atoms with Crippen molar-refractivity contribution < 1.29 is 9.18 Å². The van der Waals surface area contributed by atoms with Gasteiger partial charge in [0.2, 0.25) is 0 Å². The number of nitrogens with one attached hydrogen (secondary N) is 1. The van der Waals surface area contributed by atoms with Gasteiger partial charge in [0, 0.05) is 24.8 Å². The van der Waals surface area contributed by atoms with E-state index in [9.17, 15) is 9.18 Å². The number of hydrogen-bond acceptors (Lipinski definition) is 3. The van der Waals surface area contributed by atoms with Gasteiger partial charge in [0.1, 0.15) is 5.82 Å². The Kier molecular flexibility index (Phi) is 6.68. The zero-order valence-electron chi connectivity index (χ0n) is 19.2. The predicted molar refractivity (Wildman–Crippen MR) is 127 cm³/mol. The molecule has 2 heterocycles. The van der Waals surface area contributed by atoms with Crippen molar-refractivity contribution in [3.63, 3.8) is 0 Å². The van der Waals surface area contributed by atoms with Gasteiger partial charge in [0.15, 0.2) is 0 Å². The van der Waals surface area contributed by atoms with E-state index in [1.807, 2.05) is 62.0 Å². The smallest absolute Gasteiger partial charge is 0.257 e. The number of aromatic amines is 1. The summed E-state index contributed by atoms with van der Waals surface area (Å²) in [4.78, 5) is 14.8. The second-order valence-corrected chi connectivity index (χ2v) is 8.22. The molecule has 33 heavy (non-hydrogen) atoms. The summed E-state index contributed by atoms with van der Waals surface area (Å²) in [5.41, 5.74) is 6.08. The van der Waals surface area contributed by atoms with Crippen LogP contribution in [0.25, 0.3) is 16.9 Å². The van der Waals surface area contributed by atoms with Crippen LogP contribution in [0.1, 0.15) is 40.7 Å². The van der Waals surface area contributed by atoms with Crippen LogP contribution in [0, 0.1) is 12.7 Å². The Morgan fingerprint density at radius 1 is 1.15 bits per heavy atom. The Morgan fingerprint density at radius 2 is 1.94 bits per heavy atom. The number of aryl methyl sites for hydroxylation is 2. The minimum atomic E-state index is -0.283. The zero-order valence-corrected chi connectivity index (χ0v) is 19.2. The Bertz CT molecular complexity index is 1240. The van der Waals surface area contributed by atoms with Crippen LogP contribution in [-0.2, 0) is 12.8 Å². The van der Waals surface area contributed by atoms with Crippen molar-refractivity contribution in [2.75, 3.05) is 13.6 Å². The van der Waals surface area contributed by atoms with Gasteiger partial charge in [-0.05, 0) is 56.5 Å². The molecule has 0 aliphatic heterocycles. The molecule has 0 bridgehead atoms. The lowest BCUT2D eigenvalue weighted by atomic mass is 10.1. The van der Waals surface area contributed by atoms with Gasteiger partial charge in [-0.25, -0.2) is 9.07 Å². The molecule has 4 rings (SSSR count). The number of amides is 1. The molecule has 6 nitrogen and oxygen atoms in total. The lowest BCUT2D eigenvalue weighted by molar-refractivity contribution is 0.0792. The largest absolute Gasteiger partial charge is 0.342 e. The number of carbonyl (C=O) groups is 1. The van der Waals surface area contributed by atoms with Crippen molar-refractivity contribution >= 4 is 5.91 Å². The standard InChI is InChI=1S/C26H28FN5O/c1-4-25-23(17-28-32(25)22-12-10-18(2)11-13-22)26(33)31(3)14-6-9-21-16-24(30-29-21)19-7-5-8-20(27)15-19/h5,7-8,10-13,15-17H,4,6,9,14H2,1-3H3,(H,29,30). The number of hydrogen-bond donors (Lipinski definition) is 1. The van der Waals surface area contributed by atoms with Crippen molar-refractivity contribution in [2.24, 2.45) is 0 Å². The van der Waals surface area contributed by atoms with Crippen LogP contribution in [0.15, 0.2) is 60.8 Å². The zero-order chi connectivity index (χ0) is 23.4. The number of H-pyrrole nitrogens is 1. The molecule has 1 amide bonds. The SMILES string of the molecule is CCc1c(C(=O)N(C)CCCc2cc(-c3cccc(F)c3)n[nH]2)cnn1-c1ccc(C)cc1. The highest BCUT2D eigenvalue weighted by atomic mass is 19.1. The van der Waals surface area contributed by atoms with Gasteiger partial charge in [-0.3, -0.25) is 9.89 Å². The van der Waals surface area contributed by atoms with Crippen LogP contribution in [0.2, 0.25) is 0 Å². The summed E-state index contributed by atoms with van der Waals surface area (Å²) in [5, 5.41) is 11.8. The first-order valence-electron chi connectivity index (χ1n) is 11.2. The molecule has 2 aromatic heterocycles. The Morgan fingerprint density at radius 3 is 2.67 bits per heavy atom. The topological polar surface area (TPSA) is 66.8 Å². The molecular formula is C26H28FN5O. The van der Waals surface area contributed by atoms with Gasteiger partial charge in [-0.15, -0.1) is 0 Å². The summed E-state index contributed by atoms with van der Waals surface area (Å²) in [5.74, 6) is -0.315. The van der Waals surface area contributed by atoms with Crippen molar-refractivity contribution in [3.8, 4) is 16.9 Å². The highest BCUT2D eigenvalue weighted by molar-refractivity contribution is 5.95.